The second-order valence-corrected chi connectivity index (χ2v) is 3.38. The van der Waals surface area contributed by atoms with E-state index >= 15 is 0 Å². The first-order valence-electron chi connectivity index (χ1n) is 5.05. The van der Waals surface area contributed by atoms with Gasteiger partial charge in [0, 0.05) is 0 Å². The highest BCUT2D eigenvalue weighted by molar-refractivity contribution is 5.78. The molecule has 0 bridgehead atoms. The van der Waals surface area contributed by atoms with E-state index in [4.69, 9.17) is 4.42 Å². The number of amides is 1. The number of nitrogens with zero attached hydrogens (tertiary/aromatic N) is 1. The van der Waals surface area contributed by atoms with Gasteiger partial charge in [-0.1, -0.05) is 12.1 Å². The molecule has 2 N–H and O–H groups in total. The topological polar surface area (TPSA) is 67.2 Å². The summed E-state index contributed by atoms with van der Waals surface area (Å²) in [6.45, 7) is 0.607. The van der Waals surface area contributed by atoms with Gasteiger partial charge in [-0.3, -0.25) is 4.79 Å². The summed E-state index contributed by atoms with van der Waals surface area (Å²) in [6, 6.07) is 7.50. The first kappa shape index (κ1) is 10.6. The zero-order valence-corrected chi connectivity index (χ0v) is 8.99. The number of hydrogen-bond acceptors (Lipinski definition) is 4. The van der Waals surface area contributed by atoms with E-state index in [0.717, 1.165) is 11.1 Å². The summed E-state index contributed by atoms with van der Waals surface area (Å²) >= 11 is 0. The van der Waals surface area contributed by atoms with Gasteiger partial charge in [-0.05, 0) is 19.2 Å². The van der Waals surface area contributed by atoms with E-state index < -0.39 is 0 Å². The van der Waals surface area contributed by atoms with E-state index in [1.165, 1.54) is 0 Å². The smallest absolute Gasteiger partial charge is 0.234 e. The lowest BCUT2D eigenvalue weighted by molar-refractivity contribution is -0.120. The number of oxazole rings is 1. The summed E-state index contributed by atoms with van der Waals surface area (Å²) in [4.78, 5) is 15.4. The lowest BCUT2D eigenvalue weighted by atomic mass is 10.3. The van der Waals surface area contributed by atoms with Crippen LogP contribution in [-0.2, 0) is 11.3 Å². The molecule has 0 saturated carbocycles. The van der Waals surface area contributed by atoms with Crippen LogP contribution in [0.3, 0.4) is 0 Å². The van der Waals surface area contributed by atoms with Crippen LogP contribution in [0, 0.1) is 0 Å². The highest BCUT2D eigenvalue weighted by Crippen LogP contribution is 2.14. The van der Waals surface area contributed by atoms with Crippen LogP contribution in [0.4, 0.5) is 0 Å². The zero-order valence-electron chi connectivity index (χ0n) is 8.99. The maximum atomic E-state index is 11.2. The molecule has 1 aromatic heterocycles. The molecule has 0 aliphatic rings. The quantitative estimate of drug-likeness (QED) is 0.792. The molecule has 0 aliphatic heterocycles. The molecule has 5 heteroatoms. The number of rotatable bonds is 4. The first-order chi connectivity index (χ1) is 7.79. The number of carbonyl (C=O) groups excluding carboxylic acids is 1. The van der Waals surface area contributed by atoms with E-state index in [9.17, 15) is 4.79 Å². The summed E-state index contributed by atoms with van der Waals surface area (Å²) in [5, 5.41) is 5.47. The predicted octanol–water partition coefficient (Wildman–Crippen LogP) is 0.663. The number of likely N-dealkylation sites (N-methyl/N-ethyl adjacent to an activating group) is 1. The highest BCUT2D eigenvalue weighted by atomic mass is 16.3. The molecule has 0 aliphatic carbocycles. The van der Waals surface area contributed by atoms with Gasteiger partial charge in [0.2, 0.25) is 11.8 Å². The molecule has 0 atom stereocenters. The van der Waals surface area contributed by atoms with Gasteiger partial charge in [-0.2, -0.15) is 0 Å². The third-order valence-corrected chi connectivity index (χ3v) is 2.11. The SMILES string of the molecule is CNCC(=O)NCc1nc2ccccc2o1. The number of aromatic nitrogens is 1. The van der Waals surface area contributed by atoms with Crippen LogP contribution in [0.2, 0.25) is 0 Å². The molecule has 1 heterocycles. The van der Waals surface area contributed by atoms with Crippen LogP contribution in [0.15, 0.2) is 28.7 Å². The maximum absolute atomic E-state index is 11.2. The van der Waals surface area contributed by atoms with Crippen LogP contribution >= 0.6 is 0 Å². The van der Waals surface area contributed by atoms with Gasteiger partial charge in [-0.25, -0.2) is 4.98 Å². The molecule has 0 unspecified atom stereocenters. The molecule has 0 spiro atoms. The third-order valence-electron chi connectivity index (χ3n) is 2.11. The maximum Gasteiger partial charge on any atom is 0.234 e. The molecule has 0 saturated heterocycles. The fourth-order valence-corrected chi connectivity index (χ4v) is 1.39. The minimum atomic E-state index is -0.0789. The number of benzene rings is 1. The second kappa shape index (κ2) is 4.76. The van der Waals surface area contributed by atoms with Gasteiger partial charge < -0.3 is 15.1 Å². The van der Waals surface area contributed by atoms with E-state index in [1.807, 2.05) is 24.3 Å². The average molecular weight is 219 g/mol. The molecule has 2 aromatic rings. The Kier molecular flexibility index (Phi) is 3.16. The van der Waals surface area contributed by atoms with Gasteiger partial charge in [0.25, 0.3) is 0 Å². The molecular formula is C11H13N3O2. The van der Waals surface area contributed by atoms with Crippen LogP contribution < -0.4 is 10.6 Å². The van der Waals surface area contributed by atoms with Gasteiger partial charge in [-0.15, -0.1) is 0 Å². The van der Waals surface area contributed by atoms with E-state index in [2.05, 4.69) is 15.6 Å². The van der Waals surface area contributed by atoms with Gasteiger partial charge in [0.1, 0.15) is 5.52 Å². The summed E-state index contributed by atoms with van der Waals surface area (Å²) < 4.78 is 5.45. The molecule has 16 heavy (non-hydrogen) atoms. The van der Waals surface area contributed by atoms with Crippen molar-refractivity contribution in [2.24, 2.45) is 0 Å². The molecule has 0 radical (unpaired) electrons. The van der Waals surface area contributed by atoms with Crippen LogP contribution in [0.5, 0.6) is 0 Å². The van der Waals surface area contributed by atoms with Gasteiger partial charge in [0.05, 0.1) is 13.1 Å². The number of para-hydroxylation sites is 2. The Bertz CT molecular complexity index is 460. The number of nitrogens with one attached hydrogen (secondary N) is 2. The summed E-state index contributed by atoms with van der Waals surface area (Å²) in [5.74, 6) is 0.440. The lowest BCUT2D eigenvalue weighted by Crippen LogP contribution is -2.31. The molecule has 1 aromatic carbocycles. The van der Waals surface area contributed by atoms with Crippen molar-refractivity contribution in [1.29, 1.82) is 0 Å². The fourth-order valence-electron chi connectivity index (χ4n) is 1.39. The van der Waals surface area contributed by atoms with Crippen molar-refractivity contribution in [1.82, 2.24) is 15.6 Å². The Morgan fingerprint density at radius 1 is 1.44 bits per heavy atom. The Morgan fingerprint density at radius 3 is 3.00 bits per heavy atom. The Labute approximate surface area is 92.8 Å². The van der Waals surface area contributed by atoms with Gasteiger partial charge >= 0.3 is 0 Å². The summed E-state index contributed by atoms with van der Waals surface area (Å²) in [7, 11) is 1.72. The highest BCUT2D eigenvalue weighted by Gasteiger charge is 2.06. The van der Waals surface area contributed by atoms with Crippen LogP contribution in [0.1, 0.15) is 5.89 Å². The lowest BCUT2D eigenvalue weighted by Gasteiger charge is -2.00. The Morgan fingerprint density at radius 2 is 2.25 bits per heavy atom. The molecule has 2 rings (SSSR count). The van der Waals surface area contributed by atoms with Crippen molar-refractivity contribution in [3.8, 4) is 0 Å². The number of carbonyl (C=O) groups is 1. The number of fused-ring (bicyclic) bond motifs is 1. The Balaban J connectivity index is 2.02. The van der Waals surface area contributed by atoms with Crippen molar-refractivity contribution in [2.75, 3.05) is 13.6 Å². The van der Waals surface area contributed by atoms with Crippen molar-refractivity contribution in [2.45, 2.75) is 6.54 Å². The van der Waals surface area contributed by atoms with Crippen molar-refractivity contribution in [3.63, 3.8) is 0 Å². The Hall–Kier alpha value is -1.88. The number of hydrogen-bond donors (Lipinski definition) is 2. The summed E-state index contributed by atoms with van der Waals surface area (Å²) in [6.07, 6.45) is 0. The van der Waals surface area contributed by atoms with E-state index in [-0.39, 0.29) is 5.91 Å². The van der Waals surface area contributed by atoms with Crippen molar-refractivity contribution in [3.05, 3.63) is 30.2 Å². The zero-order chi connectivity index (χ0) is 11.4. The van der Waals surface area contributed by atoms with E-state index in [1.54, 1.807) is 7.05 Å². The average Bonchev–Trinajstić information content (AvgIpc) is 2.69. The van der Waals surface area contributed by atoms with Gasteiger partial charge in [0.15, 0.2) is 5.58 Å². The minimum absolute atomic E-state index is 0.0789. The minimum Gasteiger partial charge on any atom is -0.439 e. The second-order valence-electron chi connectivity index (χ2n) is 3.38. The molecular weight excluding hydrogens is 206 g/mol. The first-order valence-corrected chi connectivity index (χ1v) is 5.05. The largest absolute Gasteiger partial charge is 0.439 e. The molecule has 1 amide bonds. The molecule has 0 fully saturated rings. The monoisotopic (exact) mass is 219 g/mol. The molecule has 5 nitrogen and oxygen atoms in total. The summed E-state index contributed by atoms with van der Waals surface area (Å²) in [5.41, 5.74) is 1.54. The standard InChI is InChI=1S/C11H13N3O2/c1-12-6-10(15)13-7-11-14-8-4-2-3-5-9(8)16-11/h2-5,12H,6-7H2,1H3,(H,13,15). The van der Waals surface area contributed by atoms with E-state index in [0.29, 0.717) is 19.0 Å². The third kappa shape index (κ3) is 2.38. The molecule has 84 valence electrons. The van der Waals surface area contributed by atoms with Crippen molar-refractivity contribution >= 4 is 17.0 Å². The fraction of sp³-hybridized carbons (Fsp3) is 0.273. The van der Waals surface area contributed by atoms with Crippen LogP contribution in [0.25, 0.3) is 11.1 Å². The van der Waals surface area contributed by atoms with Crippen molar-refractivity contribution < 1.29 is 9.21 Å². The predicted molar refractivity (Wildman–Crippen MR) is 59.8 cm³/mol. The normalized spacial score (nSPS) is 10.6. The van der Waals surface area contributed by atoms with Crippen LogP contribution in [-0.4, -0.2) is 24.5 Å².